The van der Waals surface area contributed by atoms with Gasteiger partial charge in [0, 0.05) is 24.0 Å². The molecule has 0 spiro atoms. The molecule has 0 saturated carbocycles. The second-order valence-electron chi connectivity index (χ2n) is 7.65. The Morgan fingerprint density at radius 3 is 2.74 bits per heavy atom. The number of likely N-dealkylation sites (N-methyl/N-ethyl adjacent to an activating group) is 1. The number of fused-ring (bicyclic) bond motifs is 1. The third-order valence-electron chi connectivity index (χ3n) is 5.42. The average Bonchev–Trinajstić information content (AvgIpc) is 3.15. The Morgan fingerprint density at radius 2 is 1.97 bits per heavy atom. The zero-order valence-corrected chi connectivity index (χ0v) is 20.1. The number of aromatic nitrogens is 3. The largest absolute Gasteiger partial charge is 0.491 e. The smallest absolute Gasteiger partial charge is 0.439 e. The van der Waals surface area contributed by atoms with Gasteiger partial charge in [-0.3, -0.25) is 5.43 Å². The Kier molecular flexibility index (Phi) is 7.34. The van der Waals surface area contributed by atoms with Gasteiger partial charge in [0.25, 0.3) is 0 Å². The first-order valence-corrected chi connectivity index (χ1v) is 11.5. The third kappa shape index (κ3) is 5.32. The minimum atomic E-state index is -0.530. The minimum Gasteiger partial charge on any atom is -0.491 e. The number of ether oxygens (including phenoxy) is 1. The van der Waals surface area contributed by atoms with Crippen LogP contribution in [0.3, 0.4) is 0 Å². The molecule has 4 rings (SSSR count). The van der Waals surface area contributed by atoms with Crippen LogP contribution in [0.1, 0.15) is 19.4 Å². The summed E-state index contributed by atoms with van der Waals surface area (Å²) in [6, 6.07) is 12.6. The minimum absolute atomic E-state index is 0.347. The zero-order valence-electron chi connectivity index (χ0n) is 19.3. The molecule has 0 radical (unpaired) electrons. The van der Waals surface area contributed by atoms with Crippen LogP contribution >= 0.6 is 11.6 Å². The number of benzene rings is 2. The van der Waals surface area contributed by atoms with E-state index < -0.39 is 5.76 Å². The van der Waals surface area contributed by atoms with Gasteiger partial charge in [0.05, 0.1) is 5.02 Å². The van der Waals surface area contributed by atoms with E-state index in [0.29, 0.717) is 45.9 Å². The SMILES string of the molecule is CCN(CC)CCOc1ccc(Nc2ncc(C)c(Nn3c(=O)oc4ccccc43)n2)cc1Cl. The molecule has 0 aliphatic rings. The number of anilines is 3. The number of aryl methyl sites for hydroxylation is 1. The second-order valence-corrected chi connectivity index (χ2v) is 8.06. The molecule has 10 heteroatoms. The van der Waals surface area contributed by atoms with E-state index in [2.05, 4.69) is 39.5 Å². The number of oxazole rings is 1. The average molecular weight is 483 g/mol. The molecule has 4 aromatic rings. The Balaban J connectivity index is 1.47. The van der Waals surface area contributed by atoms with Crippen molar-refractivity contribution < 1.29 is 9.15 Å². The number of nitrogens with zero attached hydrogens (tertiary/aromatic N) is 4. The van der Waals surface area contributed by atoms with Gasteiger partial charge < -0.3 is 19.4 Å². The molecule has 0 bridgehead atoms. The van der Waals surface area contributed by atoms with Crippen molar-refractivity contribution >= 4 is 40.2 Å². The number of rotatable bonds is 10. The van der Waals surface area contributed by atoms with Crippen molar-refractivity contribution in [2.75, 3.05) is 37.0 Å². The lowest BCUT2D eigenvalue weighted by Gasteiger charge is -2.18. The fraction of sp³-hybridized carbons (Fsp3) is 0.292. The number of nitrogens with one attached hydrogen (secondary N) is 2. The van der Waals surface area contributed by atoms with E-state index in [9.17, 15) is 4.79 Å². The van der Waals surface area contributed by atoms with Crippen molar-refractivity contribution in [2.45, 2.75) is 20.8 Å². The highest BCUT2D eigenvalue weighted by atomic mass is 35.5. The number of para-hydroxylation sites is 2. The van der Waals surface area contributed by atoms with Gasteiger partial charge in [-0.2, -0.15) is 9.66 Å². The first-order chi connectivity index (χ1) is 16.5. The molecule has 0 aliphatic carbocycles. The lowest BCUT2D eigenvalue weighted by molar-refractivity contribution is 0.223. The highest BCUT2D eigenvalue weighted by Gasteiger charge is 2.12. The molecule has 2 aromatic carbocycles. The molecule has 0 atom stereocenters. The van der Waals surface area contributed by atoms with Crippen LogP contribution in [0, 0.1) is 6.92 Å². The first kappa shape index (κ1) is 23.6. The molecule has 2 aromatic heterocycles. The van der Waals surface area contributed by atoms with E-state index in [1.54, 1.807) is 30.5 Å². The monoisotopic (exact) mass is 482 g/mol. The summed E-state index contributed by atoms with van der Waals surface area (Å²) in [7, 11) is 0. The van der Waals surface area contributed by atoms with E-state index in [4.69, 9.17) is 20.8 Å². The molecule has 2 N–H and O–H groups in total. The molecular weight excluding hydrogens is 456 g/mol. The van der Waals surface area contributed by atoms with Crippen LogP contribution in [0.15, 0.2) is 57.9 Å². The molecular formula is C24H27ClN6O3. The first-order valence-electron chi connectivity index (χ1n) is 11.1. The summed E-state index contributed by atoms with van der Waals surface area (Å²) in [5.41, 5.74) is 5.59. The van der Waals surface area contributed by atoms with Crippen molar-refractivity contribution in [3.05, 3.63) is 69.8 Å². The van der Waals surface area contributed by atoms with Gasteiger partial charge in [-0.25, -0.2) is 9.78 Å². The van der Waals surface area contributed by atoms with Crippen LogP contribution < -0.4 is 21.2 Å². The standard InChI is InChI=1S/C24H27ClN6O3/c1-4-30(5-2)12-13-33-20-11-10-17(14-18(20)25)27-23-26-15-16(3)22(28-23)29-31-19-8-6-7-9-21(19)34-24(31)32/h6-11,14-15H,4-5,12-13H2,1-3H3,(H2,26,27,28,29). The lowest BCUT2D eigenvalue weighted by atomic mass is 10.3. The molecule has 0 fully saturated rings. The Hall–Kier alpha value is -3.56. The molecule has 178 valence electrons. The van der Waals surface area contributed by atoms with Gasteiger partial charge in [0.2, 0.25) is 5.95 Å². The topological polar surface area (TPSA) is 97.5 Å². The number of hydrogen-bond acceptors (Lipinski definition) is 8. The van der Waals surface area contributed by atoms with Crippen LogP contribution in [0.5, 0.6) is 5.75 Å². The van der Waals surface area contributed by atoms with Gasteiger partial charge in [-0.15, -0.1) is 0 Å². The highest BCUT2D eigenvalue weighted by molar-refractivity contribution is 6.32. The van der Waals surface area contributed by atoms with Crippen LogP contribution in [0.2, 0.25) is 5.02 Å². The maximum absolute atomic E-state index is 12.3. The van der Waals surface area contributed by atoms with E-state index in [1.165, 1.54) is 4.68 Å². The summed E-state index contributed by atoms with van der Waals surface area (Å²) in [5, 5.41) is 3.63. The lowest BCUT2D eigenvalue weighted by Crippen LogP contribution is -2.27. The summed E-state index contributed by atoms with van der Waals surface area (Å²) >= 11 is 6.42. The van der Waals surface area contributed by atoms with Gasteiger partial charge in [0.1, 0.15) is 17.9 Å². The van der Waals surface area contributed by atoms with E-state index in [0.717, 1.165) is 25.2 Å². The Bertz CT molecular complexity index is 1330. The van der Waals surface area contributed by atoms with Gasteiger partial charge in [-0.1, -0.05) is 37.6 Å². The van der Waals surface area contributed by atoms with Crippen molar-refractivity contribution in [1.82, 2.24) is 19.5 Å². The van der Waals surface area contributed by atoms with Crippen molar-refractivity contribution in [3.63, 3.8) is 0 Å². The van der Waals surface area contributed by atoms with Crippen molar-refractivity contribution in [3.8, 4) is 5.75 Å². The van der Waals surface area contributed by atoms with E-state index in [-0.39, 0.29) is 0 Å². The fourth-order valence-electron chi connectivity index (χ4n) is 3.44. The predicted octanol–water partition coefficient (Wildman–Crippen LogP) is 4.69. The summed E-state index contributed by atoms with van der Waals surface area (Å²) < 4.78 is 12.4. The second kappa shape index (κ2) is 10.6. The summed E-state index contributed by atoms with van der Waals surface area (Å²) in [6.07, 6.45) is 1.66. The summed E-state index contributed by atoms with van der Waals surface area (Å²) in [5.74, 6) is 0.906. The van der Waals surface area contributed by atoms with Crippen molar-refractivity contribution in [2.24, 2.45) is 0 Å². The zero-order chi connectivity index (χ0) is 24.1. The molecule has 0 aliphatic heterocycles. The molecule has 0 saturated heterocycles. The maximum atomic E-state index is 12.3. The normalized spacial score (nSPS) is 11.2. The summed E-state index contributed by atoms with van der Waals surface area (Å²) in [4.78, 5) is 23.4. The molecule has 0 unspecified atom stereocenters. The van der Waals surface area contributed by atoms with Crippen LogP contribution in [0.25, 0.3) is 11.1 Å². The maximum Gasteiger partial charge on any atom is 0.439 e. The van der Waals surface area contributed by atoms with Crippen LogP contribution in [0.4, 0.5) is 17.5 Å². The van der Waals surface area contributed by atoms with Gasteiger partial charge in [0.15, 0.2) is 11.4 Å². The van der Waals surface area contributed by atoms with Crippen LogP contribution in [-0.4, -0.2) is 45.8 Å². The third-order valence-corrected chi connectivity index (χ3v) is 5.72. The van der Waals surface area contributed by atoms with E-state index in [1.807, 2.05) is 25.1 Å². The van der Waals surface area contributed by atoms with E-state index >= 15 is 0 Å². The quantitative estimate of drug-likeness (QED) is 0.336. The summed E-state index contributed by atoms with van der Waals surface area (Å²) in [6.45, 7) is 9.46. The molecule has 34 heavy (non-hydrogen) atoms. The van der Waals surface area contributed by atoms with Crippen molar-refractivity contribution in [1.29, 1.82) is 0 Å². The number of hydrogen-bond donors (Lipinski definition) is 2. The highest BCUT2D eigenvalue weighted by Crippen LogP contribution is 2.29. The fourth-order valence-corrected chi connectivity index (χ4v) is 3.68. The number of halogens is 1. The Morgan fingerprint density at radius 1 is 1.18 bits per heavy atom. The van der Waals surface area contributed by atoms with Gasteiger partial charge >= 0.3 is 5.76 Å². The molecule has 0 amide bonds. The Labute approximate surface area is 202 Å². The molecule has 9 nitrogen and oxygen atoms in total. The van der Waals surface area contributed by atoms with Gasteiger partial charge in [-0.05, 0) is 50.3 Å². The predicted molar refractivity (Wildman–Crippen MR) is 134 cm³/mol. The van der Waals surface area contributed by atoms with Crippen LogP contribution in [-0.2, 0) is 0 Å². The molecule has 2 heterocycles.